The average Bonchev–Trinajstić information content (AvgIpc) is 2.94. The Hall–Kier alpha value is -2.83. The van der Waals surface area contributed by atoms with Gasteiger partial charge in [-0.15, -0.1) is 0 Å². The van der Waals surface area contributed by atoms with Gasteiger partial charge >= 0.3 is 12.1 Å². The number of nitrogens with zero attached hydrogens (tertiary/aromatic N) is 2. The van der Waals surface area contributed by atoms with Gasteiger partial charge in [-0.1, -0.05) is 30.3 Å². The van der Waals surface area contributed by atoms with E-state index >= 15 is 0 Å². The Balaban J connectivity index is 1.65. The Bertz CT molecular complexity index is 918. The van der Waals surface area contributed by atoms with Crippen molar-refractivity contribution >= 4 is 17.0 Å². The maximum Gasteiger partial charge on any atom is 0.416 e. The van der Waals surface area contributed by atoms with E-state index in [2.05, 4.69) is 4.98 Å². The number of alkyl halides is 3. The normalized spacial score (nSPS) is 11.7. The molecule has 0 radical (unpaired) electrons. The summed E-state index contributed by atoms with van der Waals surface area (Å²) in [7, 11) is 1.68. The fraction of sp³-hybridized carbons (Fsp3) is 0.263. The topological polar surface area (TPSA) is 44.1 Å². The fourth-order valence-electron chi connectivity index (χ4n) is 2.66. The highest BCUT2D eigenvalue weighted by atomic mass is 19.4. The van der Waals surface area contributed by atoms with Crippen molar-refractivity contribution in [3.05, 3.63) is 65.5 Å². The van der Waals surface area contributed by atoms with Gasteiger partial charge in [0.1, 0.15) is 12.4 Å². The molecule has 4 nitrogen and oxygen atoms in total. The lowest BCUT2D eigenvalue weighted by Crippen LogP contribution is -2.08. The van der Waals surface area contributed by atoms with Crippen LogP contribution in [0.5, 0.6) is 0 Å². The number of aromatic nitrogens is 2. The van der Waals surface area contributed by atoms with Crippen molar-refractivity contribution in [2.24, 2.45) is 7.05 Å². The van der Waals surface area contributed by atoms with Crippen molar-refractivity contribution in [1.82, 2.24) is 9.55 Å². The monoisotopic (exact) mass is 362 g/mol. The van der Waals surface area contributed by atoms with Crippen LogP contribution in [0.1, 0.15) is 23.4 Å². The molecular weight excluding hydrogens is 345 g/mol. The van der Waals surface area contributed by atoms with Gasteiger partial charge in [0.25, 0.3) is 0 Å². The second-order valence-electron chi connectivity index (χ2n) is 5.93. The molecule has 0 aliphatic heterocycles. The number of benzene rings is 2. The summed E-state index contributed by atoms with van der Waals surface area (Å²) in [6.45, 7) is -0.0832. The highest BCUT2D eigenvalue weighted by Gasteiger charge is 2.31. The van der Waals surface area contributed by atoms with E-state index in [9.17, 15) is 18.0 Å². The van der Waals surface area contributed by atoms with Crippen molar-refractivity contribution in [3.8, 4) is 0 Å². The highest BCUT2D eigenvalue weighted by molar-refractivity contribution is 5.77. The number of rotatable bonds is 5. The summed E-state index contributed by atoms with van der Waals surface area (Å²) in [5.74, 6) is 0.0178. The van der Waals surface area contributed by atoms with E-state index in [4.69, 9.17) is 4.74 Å². The van der Waals surface area contributed by atoms with E-state index in [1.54, 1.807) is 11.6 Å². The van der Waals surface area contributed by atoms with Crippen LogP contribution in [0.2, 0.25) is 0 Å². The third kappa shape index (κ3) is 4.04. The Morgan fingerprint density at radius 2 is 1.88 bits per heavy atom. The van der Waals surface area contributed by atoms with Crippen molar-refractivity contribution in [3.63, 3.8) is 0 Å². The van der Waals surface area contributed by atoms with Crippen molar-refractivity contribution in [2.75, 3.05) is 0 Å². The van der Waals surface area contributed by atoms with Crippen LogP contribution in [0.15, 0.2) is 48.5 Å². The molecule has 0 spiro atoms. The van der Waals surface area contributed by atoms with E-state index < -0.39 is 11.7 Å². The average molecular weight is 362 g/mol. The van der Waals surface area contributed by atoms with Crippen LogP contribution >= 0.6 is 0 Å². The summed E-state index contributed by atoms with van der Waals surface area (Å²) in [5.41, 5.74) is 1.05. The van der Waals surface area contributed by atoms with Gasteiger partial charge in [0, 0.05) is 13.5 Å². The lowest BCUT2D eigenvalue weighted by Gasteiger charge is -2.06. The standard InChI is InChI=1S/C19H17F3N2O2/c1-24-16-9-8-14(19(20,21)22)11-15(16)23-17(24)12-26-18(25)10-7-13-5-3-2-4-6-13/h2-6,8-9,11H,7,10,12H2,1H3. The molecule has 3 rings (SSSR count). The van der Waals surface area contributed by atoms with Gasteiger partial charge in [0.2, 0.25) is 0 Å². The first-order valence-corrected chi connectivity index (χ1v) is 8.06. The maximum absolute atomic E-state index is 12.8. The van der Waals surface area contributed by atoms with Gasteiger partial charge in [0.15, 0.2) is 0 Å². The van der Waals surface area contributed by atoms with Crippen molar-refractivity contribution < 1.29 is 22.7 Å². The minimum Gasteiger partial charge on any atom is -0.457 e. The number of imidazole rings is 1. The number of carbonyl (C=O) groups excluding carboxylic acids is 1. The number of fused-ring (bicyclic) bond motifs is 1. The lowest BCUT2D eigenvalue weighted by molar-refractivity contribution is -0.145. The Labute approximate surface area is 148 Å². The summed E-state index contributed by atoms with van der Waals surface area (Å²) in [5, 5.41) is 0. The molecule has 0 saturated heterocycles. The SMILES string of the molecule is Cn1c(COC(=O)CCc2ccccc2)nc2cc(C(F)(F)F)ccc21. The summed E-state index contributed by atoms with van der Waals surface area (Å²) in [6.07, 6.45) is -3.63. The molecule has 0 saturated carbocycles. The zero-order valence-electron chi connectivity index (χ0n) is 14.1. The smallest absolute Gasteiger partial charge is 0.416 e. The Morgan fingerprint density at radius 1 is 1.15 bits per heavy atom. The summed E-state index contributed by atoms with van der Waals surface area (Å²) < 4.78 is 45.2. The van der Waals surface area contributed by atoms with Crippen LogP contribution < -0.4 is 0 Å². The van der Waals surface area contributed by atoms with E-state index in [1.807, 2.05) is 30.3 Å². The Kier molecular flexibility index (Phi) is 4.97. The van der Waals surface area contributed by atoms with Crippen molar-refractivity contribution in [2.45, 2.75) is 25.6 Å². The number of hydrogen-bond donors (Lipinski definition) is 0. The van der Waals surface area contributed by atoms with Crippen LogP contribution in [0.4, 0.5) is 13.2 Å². The van der Waals surface area contributed by atoms with Crippen LogP contribution in [-0.4, -0.2) is 15.5 Å². The zero-order chi connectivity index (χ0) is 18.7. The van der Waals surface area contributed by atoms with Crippen LogP contribution in [0.3, 0.4) is 0 Å². The van der Waals surface area contributed by atoms with E-state index in [0.717, 1.165) is 17.7 Å². The zero-order valence-corrected chi connectivity index (χ0v) is 14.1. The predicted octanol–water partition coefficient (Wildman–Crippen LogP) is 4.27. The number of halogens is 3. The van der Waals surface area contributed by atoms with Gasteiger partial charge in [-0.3, -0.25) is 4.79 Å². The minimum absolute atomic E-state index is 0.0832. The molecule has 1 aromatic heterocycles. The van der Waals surface area contributed by atoms with Gasteiger partial charge in [0.05, 0.1) is 16.6 Å². The first-order valence-electron chi connectivity index (χ1n) is 8.06. The summed E-state index contributed by atoms with van der Waals surface area (Å²) in [4.78, 5) is 16.1. The molecular formula is C19H17F3N2O2. The molecule has 0 aliphatic rings. The highest BCUT2D eigenvalue weighted by Crippen LogP contribution is 2.31. The van der Waals surface area contributed by atoms with Gasteiger partial charge in [-0.05, 0) is 30.2 Å². The first-order chi connectivity index (χ1) is 12.3. The molecule has 0 unspecified atom stereocenters. The minimum atomic E-state index is -4.42. The van der Waals surface area contributed by atoms with Gasteiger partial charge < -0.3 is 9.30 Å². The van der Waals surface area contributed by atoms with Crippen LogP contribution in [-0.2, 0) is 35.8 Å². The molecule has 26 heavy (non-hydrogen) atoms. The molecule has 0 amide bonds. The first kappa shape index (κ1) is 18.0. The number of esters is 1. The second kappa shape index (κ2) is 7.19. The molecule has 0 bridgehead atoms. The fourth-order valence-corrected chi connectivity index (χ4v) is 2.66. The van der Waals surface area contributed by atoms with Gasteiger partial charge in [-0.2, -0.15) is 13.2 Å². The van der Waals surface area contributed by atoms with E-state index in [1.165, 1.54) is 6.07 Å². The molecule has 2 aromatic carbocycles. The molecule has 3 aromatic rings. The number of ether oxygens (including phenoxy) is 1. The van der Waals surface area contributed by atoms with E-state index in [0.29, 0.717) is 17.8 Å². The largest absolute Gasteiger partial charge is 0.457 e. The van der Waals surface area contributed by atoms with Crippen LogP contribution in [0.25, 0.3) is 11.0 Å². The molecule has 1 heterocycles. The molecule has 7 heteroatoms. The Morgan fingerprint density at radius 3 is 2.58 bits per heavy atom. The third-order valence-corrected chi connectivity index (χ3v) is 4.12. The van der Waals surface area contributed by atoms with Crippen LogP contribution in [0, 0.1) is 0 Å². The van der Waals surface area contributed by atoms with E-state index in [-0.39, 0.29) is 24.5 Å². The number of carbonyl (C=O) groups is 1. The lowest BCUT2D eigenvalue weighted by atomic mass is 10.1. The second-order valence-corrected chi connectivity index (χ2v) is 5.93. The quantitative estimate of drug-likeness (QED) is 0.637. The molecule has 0 N–H and O–H groups in total. The predicted molar refractivity (Wildman–Crippen MR) is 90.3 cm³/mol. The third-order valence-electron chi connectivity index (χ3n) is 4.12. The van der Waals surface area contributed by atoms with Gasteiger partial charge in [-0.25, -0.2) is 4.98 Å². The number of aryl methyl sites for hydroxylation is 2. The van der Waals surface area contributed by atoms with Crippen molar-refractivity contribution in [1.29, 1.82) is 0 Å². The molecule has 0 fully saturated rings. The maximum atomic E-state index is 12.8. The molecule has 0 aliphatic carbocycles. The summed E-state index contributed by atoms with van der Waals surface area (Å²) >= 11 is 0. The molecule has 136 valence electrons. The number of hydrogen-bond acceptors (Lipinski definition) is 3. The summed E-state index contributed by atoms with van der Waals surface area (Å²) in [6, 6.07) is 12.9. The molecule has 0 atom stereocenters.